The molecule has 0 saturated carbocycles. The van der Waals surface area contributed by atoms with Crippen molar-refractivity contribution in [3.63, 3.8) is 0 Å². The molecular formula is C15H14BrF2NO. The van der Waals surface area contributed by atoms with Crippen LogP contribution in [0.2, 0.25) is 0 Å². The van der Waals surface area contributed by atoms with E-state index in [9.17, 15) is 8.78 Å². The van der Waals surface area contributed by atoms with Crippen molar-refractivity contribution < 1.29 is 13.5 Å². The Morgan fingerprint density at radius 3 is 2.60 bits per heavy atom. The van der Waals surface area contributed by atoms with Crippen LogP contribution in [0, 0.1) is 18.6 Å². The second-order valence-corrected chi connectivity index (χ2v) is 5.25. The largest absolute Gasteiger partial charge is 0.497 e. The van der Waals surface area contributed by atoms with Crippen molar-refractivity contribution in [3.05, 3.63) is 57.6 Å². The first-order valence-corrected chi connectivity index (χ1v) is 6.82. The van der Waals surface area contributed by atoms with Crippen molar-refractivity contribution in [1.82, 2.24) is 0 Å². The summed E-state index contributed by atoms with van der Waals surface area (Å²) < 4.78 is 33.2. The molecule has 0 saturated heterocycles. The summed E-state index contributed by atoms with van der Waals surface area (Å²) in [4.78, 5) is 0. The Bertz CT molecular complexity index is 632. The van der Waals surface area contributed by atoms with E-state index in [-0.39, 0.29) is 11.3 Å². The summed E-state index contributed by atoms with van der Waals surface area (Å²) in [7, 11) is 1.58. The van der Waals surface area contributed by atoms with Crippen LogP contribution in [0.15, 0.2) is 34.8 Å². The molecule has 2 aromatic carbocycles. The second kappa shape index (κ2) is 6.22. The van der Waals surface area contributed by atoms with Crippen LogP contribution in [0.25, 0.3) is 0 Å². The van der Waals surface area contributed by atoms with Crippen molar-refractivity contribution in [1.29, 1.82) is 0 Å². The molecule has 0 bridgehead atoms. The summed E-state index contributed by atoms with van der Waals surface area (Å²) in [6.07, 6.45) is 0. The highest BCUT2D eigenvalue weighted by Crippen LogP contribution is 2.25. The van der Waals surface area contributed by atoms with Crippen molar-refractivity contribution in [2.75, 3.05) is 12.4 Å². The van der Waals surface area contributed by atoms with Gasteiger partial charge >= 0.3 is 0 Å². The molecule has 0 heterocycles. The molecule has 2 aromatic rings. The number of hydrogen-bond donors (Lipinski definition) is 1. The molecule has 0 atom stereocenters. The van der Waals surface area contributed by atoms with E-state index in [2.05, 4.69) is 21.2 Å². The van der Waals surface area contributed by atoms with Gasteiger partial charge in [0.15, 0.2) is 0 Å². The molecule has 0 aliphatic heterocycles. The summed E-state index contributed by atoms with van der Waals surface area (Å²) in [5.74, 6) is -0.193. The van der Waals surface area contributed by atoms with Crippen LogP contribution in [-0.2, 0) is 6.54 Å². The lowest BCUT2D eigenvalue weighted by Gasteiger charge is -2.11. The van der Waals surface area contributed by atoms with E-state index in [1.165, 1.54) is 19.1 Å². The molecule has 2 rings (SSSR count). The van der Waals surface area contributed by atoms with Gasteiger partial charge in [0.2, 0.25) is 0 Å². The van der Waals surface area contributed by atoms with E-state index in [1.54, 1.807) is 7.11 Å². The fraction of sp³-hybridized carbons (Fsp3) is 0.200. The Morgan fingerprint density at radius 1 is 1.15 bits per heavy atom. The Hall–Kier alpha value is -1.62. The highest BCUT2D eigenvalue weighted by Gasteiger charge is 2.08. The quantitative estimate of drug-likeness (QED) is 0.873. The van der Waals surface area contributed by atoms with E-state index in [1.807, 2.05) is 18.2 Å². The highest BCUT2D eigenvalue weighted by atomic mass is 79.9. The Labute approximate surface area is 124 Å². The van der Waals surface area contributed by atoms with Gasteiger partial charge in [0, 0.05) is 17.1 Å². The first-order chi connectivity index (χ1) is 9.51. The smallest absolute Gasteiger partial charge is 0.146 e. The van der Waals surface area contributed by atoms with Crippen molar-refractivity contribution in [2.45, 2.75) is 13.5 Å². The zero-order valence-electron chi connectivity index (χ0n) is 11.1. The van der Waals surface area contributed by atoms with E-state index in [4.69, 9.17) is 4.74 Å². The molecule has 2 nitrogen and oxygen atoms in total. The Balaban J connectivity index is 2.18. The van der Waals surface area contributed by atoms with E-state index < -0.39 is 11.6 Å². The fourth-order valence-corrected chi connectivity index (χ4v) is 2.17. The zero-order valence-corrected chi connectivity index (χ0v) is 12.7. The van der Waals surface area contributed by atoms with Crippen LogP contribution in [0.3, 0.4) is 0 Å². The number of aryl methyl sites for hydroxylation is 1. The van der Waals surface area contributed by atoms with Crippen molar-refractivity contribution in [3.8, 4) is 5.75 Å². The van der Waals surface area contributed by atoms with Crippen LogP contribution in [0.4, 0.5) is 14.5 Å². The molecule has 0 spiro atoms. The van der Waals surface area contributed by atoms with Gasteiger partial charge in [0.05, 0.1) is 12.8 Å². The minimum absolute atomic E-state index is 0.141. The second-order valence-electron chi connectivity index (χ2n) is 4.39. The summed E-state index contributed by atoms with van der Waals surface area (Å²) in [6.45, 7) is 1.89. The zero-order chi connectivity index (χ0) is 14.7. The lowest BCUT2D eigenvalue weighted by Crippen LogP contribution is -2.03. The molecule has 106 valence electrons. The van der Waals surface area contributed by atoms with Crippen LogP contribution in [0.5, 0.6) is 5.75 Å². The summed E-state index contributed by atoms with van der Waals surface area (Å²) in [6, 6.07) is 7.85. The third-order valence-corrected chi connectivity index (χ3v) is 3.74. The average molecular weight is 342 g/mol. The van der Waals surface area contributed by atoms with Crippen LogP contribution >= 0.6 is 15.9 Å². The van der Waals surface area contributed by atoms with E-state index >= 15 is 0 Å². The first kappa shape index (κ1) is 14.8. The molecule has 0 fully saturated rings. The van der Waals surface area contributed by atoms with Gasteiger partial charge in [-0.2, -0.15) is 0 Å². The van der Waals surface area contributed by atoms with Gasteiger partial charge in [0.1, 0.15) is 17.4 Å². The molecule has 0 unspecified atom stereocenters. The molecule has 1 N–H and O–H groups in total. The molecule has 20 heavy (non-hydrogen) atoms. The summed E-state index contributed by atoms with van der Waals surface area (Å²) >= 11 is 3.41. The van der Waals surface area contributed by atoms with Gasteiger partial charge < -0.3 is 10.1 Å². The standard InChI is InChI=1S/C15H14BrF2NO/c1-9-5-14(18)15(7-13(9)17)19-8-10-6-11(20-2)3-4-12(10)16/h3-7,19H,8H2,1-2H3. The van der Waals surface area contributed by atoms with E-state index in [0.29, 0.717) is 12.3 Å². The molecule has 0 amide bonds. The van der Waals surface area contributed by atoms with Crippen molar-refractivity contribution in [2.24, 2.45) is 0 Å². The third kappa shape index (κ3) is 3.28. The number of anilines is 1. The lowest BCUT2D eigenvalue weighted by atomic mass is 10.2. The molecule has 0 aliphatic rings. The van der Waals surface area contributed by atoms with Gasteiger partial charge in [0.25, 0.3) is 0 Å². The molecule has 0 aromatic heterocycles. The van der Waals surface area contributed by atoms with Crippen LogP contribution < -0.4 is 10.1 Å². The number of rotatable bonds is 4. The minimum atomic E-state index is -0.470. The number of methoxy groups -OCH3 is 1. The summed E-state index contributed by atoms with van der Waals surface area (Å²) in [5.41, 5.74) is 1.32. The normalized spacial score (nSPS) is 10.4. The van der Waals surface area contributed by atoms with Crippen LogP contribution in [-0.4, -0.2) is 7.11 Å². The number of hydrogen-bond acceptors (Lipinski definition) is 2. The first-order valence-electron chi connectivity index (χ1n) is 6.03. The maximum Gasteiger partial charge on any atom is 0.146 e. The molecule has 5 heteroatoms. The predicted molar refractivity (Wildman–Crippen MR) is 79.1 cm³/mol. The van der Waals surface area contributed by atoms with Gasteiger partial charge in [-0.25, -0.2) is 8.78 Å². The number of halogens is 3. The monoisotopic (exact) mass is 341 g/mol. The minimum Gasteiger partial charge on any atom is -0.497 e. The Morgan fingerprint density at radius 2 is 1.90 bits per heavy atom. The maximum absolute atomic E-state index is 13.7. The molecular weight excluding hydrogens is 328 g/mol. The van der Waals surface area contributed by atoms with Crippen LogP contribution in [0.1, 0.15) is 11.1 Å². The number of ether oxygens (including phenoxy) is 1. The molecule has 0 aliphatic carbocycles. The van der Waals surface area contributed by atoms with Gasteiger partial charge in [-0.05, 0) is 42.3 Å². The fourth-order valence-electron chi connectivity index (χ4n) is 1.79. The lowest BCUT2D eigenvalue weighted by molar-refractivity contribution is 0.414. The van der Waals surface area contributed by atoms with Gasteiger partial charge in [-0.15, -0.1) is 0 Å². The number of nitrogens with one attached hydrogen (secondary N) is 1. The summed E-state index contributed by atoms with van der Waals surface area (Å²) in [5, 5.41) is 2.89. The van der Waals surface area contributed by atoms with Gasteiger partial charge in [-0.1, -0.05) is 15.9 Å². The van der Waals surface area contributed by atoms with Gasteiger partial charge in [-0.3, -0.25) is 0 Å². The maximum atomic E-state index is 13.7. The predicted octanol–water partition coefficient (Wildman–Crippen LogP) is 4.66. The SMILES string of the molecule is COc1ccc(Br)c(CNc2cc(F)c(C)cc2F)c1. The topological polar surface area (TPSA) is 21.3 Å². The average Bonchev–Trinajstić information content (AvgIpc) is 2.43. The third-order valence-electron chi connectivity index (χ3n) is 2.97. The highest BCUT2D eigenvalue weighted by molar-refractivity contribution is 9.10. The number of benzene rings is 2. The molecule has 0 radical (unpaired) electrons. The van der Waals surface area contributed by atoms with Crippen molar-refractivity contribution >= 4 is 21.6 Å². The Kier molecular flexibility index (Phi) is 4.60. The van der Waals surface area contributed by atoms with E-state index in [0.717, 1.165) is 10.0 Å².